The minimum Gasteiger partial charge on any atom is -0.0622 e. The maximum absolute atomic E-state index is 2.55. The van der Waals surface area contributed by atoms with E-state index in [0.29, 0.717) is 0 Å². The third-order valence-corrected chi connectivity index (χ3v) is 12.7. The largest absolute Gasteiger partial charge is 0.0622 e. The van der Waals surface area contributed by atoms with Crippen molar-refractivity contribution in [3.05, 3.63) is 194 Å². The fraction of sp³-hybridized carbons (Fsp3) is 0. The van der Waals surface area contributed by atoms with Crippen LogP contribution in [-0.2, 0) is 0 Å². The Bertz CT molecular complexity index is 3720. The van der Waals surface area contributed by atoms with Crippen molar-refractivity contribution in [2.75, 3.05) is 0 Å². The summed E-state index contributed by atoms with van der Waals surface area (Å²) in [4.78, 5) is 0. The Labute approximate surface area is 323 Å². The third-order valence-electron chi connectivity index (χ3n) is 12.7. The molecule has 0 heterocycles. The molecular formula is C56H32. The molecule has 0 aromatic heterocycles. The molecule has 256 valence electrons. The number of hydrogen-bond acceptors (Lipinski definition) is 0. The second kappa shape index (κ2) is 11.1. The number of benzene rings is 11. The first kappa shape index (κ1) is 30.1. The highest BCUT2D eigenvalue weighted by Gasteiger charge is 2.28. The van der Waals surface area contributed by atoms with Crippen molar-refractivity contribution < 1.29 is 0 Å². The van der Waals surface area contributed by atoms with Crippen molar-refractivity contribution in [1.82, 2.24) is 0 Å². The number of hydrogen-bond donors (Lipinski definition) is 0. The van der Waals surface area contributed by atoms with Crippen molar-refractivity contribution >= 4 is 97.0 Å². The minimum absolute atomic E-state index is 1.22. The molecule has 0 aliphatic carbocycles. The minimum atomic E-state index is 1.22. The predicted molar refractivity (Wildman–Crippen MR) is 243 cm³/mol. The van der Waals surface area contributed by atoms with Gasteiger partial charge in [-0.15, -0.1) is 0 Å². The zero-order valence-electron chi connectivity index (χ0n) is 30.5. The van der Waals surface area contributed by atoms with E-state index in [-0.39, 0.29) is 0 Å². The molecule has 0 bridgehead atoms. The van der Waals surface area contributed by atoms with Gasteiger partial charge in [0.25, 0.3) is 0 Å². The zero-order chi connectivity index (χ0) is 36.5. The van der Waals surface area contributed by atoms with E-state index in [4.69, 9.17) is 0 Å². The van der Waals surface area contributed by atoms with E-state index in [9.17, 15) is 0 Å². The highest BCUT2D eigenvalue weighted by molar-refractivity contribution is 6.46. The molecule has 0 nitrogen and oxygen atoms in total. The van der Waals surface area contributed by atoms with Gasteiger partial charge in [0, 0.05) is 0 Å². The Morgan fingerprint density at radius 1 is 0.196 bits per heavy atom. The summed E-state index contributed by atoms with van der Waals surface area (Å²) in [5.41, 5.74) is 7.59. The van der Waals surface area contributed by atoms with Gasteiger partial charge in [-0.2, -0.15) is 0 Å². The van der Waals surface area contributed by atoms with Crippen LogP contribution in [0.4, 0.5) is 0 Å². The van der Waals surface area contributed by atoms with Crippen LogP contribution in [0, 0.1) is 0 Å². The molecule has 13 rings (SSSR count). The topological polar surface area (TPSA) is 0 Å². The van der Waals surface area contributed by atoms with E-state index in [1.165, 1.54) is 130 Å². The Morgan fingerprint density at radius 2 is 0.714 bits per heavy atom. The lowest BCUT2D eigenvalue weighted by Gasteiger charge is -2.20. The Balaban J connectivity index is 1.38. The van der Waals surface area contributed by atoms with Gasteiger partial charge < -0.3 is 0 Å². The van der Waals surface area contributed by atoms with Crippen LogP contribution < -0.4 is 0 Å². The lowest BCUT2D eigenvalue weighted by atomic mass is 9.82. The first-order valence-corrected chi connectivity index (χ1v) is 19.6. The van der Waals surface area contributed by atoms with Crippen molar-refractivity contribution in [1.29, 1.82) is 0 Å². The molecule has 0 unspecified atom stereocenters. The maximum Gasteiger partial charge on any atom is -0.000697 e. The van der Waals surface area contributed by atoms with Crippen molar-refractivity contribution in [2.45, 2.75) is 0 Å². The van der Waals surface area contributed by atoms with Crippen LogP contribution in [0.1, 0.15) is 0 Å². The predicted octanol–water partition coefficient (Wildman–Crippen LogP) is 15.9. The zero-order valence-corrected chi connectivity index (χ0v) is 30.5. The van der Waals surface area contributed by atoms with Crippen molar-refractivity contribution in [2.24, 2.45) is 0 Å². The molecule has 0 saturated heterocycles. The fourth-order valence-corrected chi connectivity index (χ4v) is 10.5. The smallest absolute Gasteiger partial charge is 0.000697 e. The molecule has 56 heavy (non-hydrogen) atoms. The molecule has 13 aromatic carbocycles. The van der Waals surface area contributed by atoms with Gasteiger partial charge in [0.2, 0.25) is 0 Å². The van der Waals surface area contributed by atoms with Gasteiger partial charge >= 0.3 is 0 Å². The van der Waals surface area contributed by atoms with Crippen molar-refractivity contribution in [3.63, 3.8) is 0 Å². The molecule has 0 aliphatic heterocycles. The number of rotatable bonds is 3. The van der Waals surface area contributed by atoms with Crippen LogP contribution in [0.25, 0.3) is 130 Å². The van der Waals surface area contributed by atoms with Gasteiger partial charge in [0.15, 0.2) is 0 Å². The molecule has 13 aromatic rings. The van der Waals surface area contributed by atoms with Gasteiger partial charge in [0.1, 0.15) is 0 Å². The molecular weight excluding hydrogens is 673 g/mol. The summed E-state index contributed by atoms with van der Waals surface area (Å²) in [7, 11) is 0. The average molecular weight is 705 g/mol. The average Bonchev–Trinajstić information content (AvgIpc) is 3.77. The molecule has 0 radical (unpaired) electrons. The first-order chi connectivity index (χ1) is 27.8. The molecule has 0 spiro atoms. The quantitative estimate of drug-likeness (QED) is 0.161. The lowest BCUT2D eigenvalue weighted by Crippen LogP contribution is -1.93. The molecule has 0 heteroatoms. The lowest BCUT2D eigenvalue weighted by molar-refractivity contribution is 1.61. The molecule has 0 fully saturated rings. The highest BCUT2D eigenvalue weighted by Crippen LogP contribution is 2.56. The van der Waals surface area contributed by atoms with Gasteiger partial charge in [-0.1, -0.05) is 182 Å². The molecule has 0 atom stereocenters. The van der Waals surface area contributed by atoms with E-state index in [2.05, 4.69) is 194 Å². The third kappa shape index (κ3) is 3.88. The van der Waals surface area contributed by atoms with E-state index in [1.54, 1.807) is 0 Å². The second-order valence-electron chi connectivity index (χ2n) is 15.4. The van der Waals surface area contributed by atoms with Crippen LogP contribution in [0.3, 0.4) is 0 Å². The summed E-state index contributed by atoms with van der Waals surface area (Å²) < 4.78 is 0. The molecule has 0 N–H and O–H groups in total. The Hall–Kier alpha value is -7.28. The maximum atomic E-state index is 2.55. The highest BCUT2D eigenvalue weighted by atomic mass is 14.3. The van der Waals surface area contributed by atoms with E-state index < -0.39 is 0 Å². The van der Waals surface area contributed by atoms with Crippen LogP contribution >= 0.6 is 0 Å². The van der Waals surface area contributed by atoms with Crippen LogP contribution in [0.5, 0.6) is 0 Å². The summed E-state index contributed by atoms with van der Waals surface area (Å²) in [5.74, 6) is 0. The normalized spacial score (nSPS) is 12.3. The molecule has 0 aliphatic rings. The van der Waals surface area contributed by atoms with Crippen LogP contribution in [0.2, 0.25) is 0 Å². The summed E-state index contributed by atoms with van der Waals surface area (Å²) >= 11 is 0. The van der Waals surface area contributed by atoms with Crippen molar-refractivity contribution in [3.8, 4) is 33.4 Å². The molecule has 0 saturated carbocycles. The van der Waals surface area contributed by atoms with E-state index in [0.717, 1.165) is 0 Å². The van der Waals surface area contributed by atoms with Gasteiger partial charge in [-0.25, -0.2) is 0 Å². The Kier molecular flexibility index (Phi) is 5.98. The van der Waals surface area contributed by atoms with E-state index in [1.807, 2.05) is 0 Å². The van der Waals surface area contributed by atoms with Gasteiger partial charge in [-0.05, 0) is 142 Å². The summed E-state index contributed by atoms with van der Waals surface area (Å²) in [6.07, 6.45) is 0. The standard InChI is InChI=1S/C56H32/c1-3-15-33(16-4-1)37-20-9-12-24-41(37)53-48-32-46-40-23-11-10-22-39(40)42-25-13-27-44(51(42)46)54(48)50(35-18-5-2-6-19-35)56-47-31-36-30-29-34-17-7-8-21-38(34)49(36)43-26-14-28-45(52(43)47)55(53)56/h1-32H. The summed E-state index contributed by atoms with van der Waals surface area (Å²) in [6, 6.07) is 72.7. The van der Waals surface area contributed by atoms with Crippen LogP contribution in [-0.4, -0.2) is 0 Å². The SMILES string of the molecule is c1ccc(-c2ccccc2-c2c3cc4c5ccccc5c5cccc(c3c(-c3ccccc3)c3c6cc7ccc8ccccc8c7c7cccc(c23)c67)c54)cc1. The summed E-state index contributed by atoms with van der Waals surface area (Å²) in [6.45, 7) is 0. The monoisotopic (exact) mass is 704 g/mol. The first-order valence-electron chi connectivity index (χ1n) is 19.6. The van der Waals surface area contributed by atoms with Gasteiger partial charge in [-0.3, -0.25) is 0 Å². The van der Waals surface area contributed by atoms with Gasteiger partial charge in [0.05, 0.1) is 0 Å². The Morgan fingerprint density at radius 3 is 1.48 bits per heavy atom. The second-order valence-corrected chi connectivity index (χ2v) is 15.4. The van der Waals surface area contributed by atoms with E-state index >= 15 is 0 Å². The van der Waals surface area contributed by atoms with Crippen LogP contribution in [0.15, 0.2) is 194 Å². The summed E-state index contributed by atoms with van der Waals surface area (Å²) in [5, 5.41) is 23.7. The molecule has 0 amide bonds. The fourth-order valence-electron chi connectivity index (χ4n) is 10.5. The number of fused-ring (bicyclic) bond motifs is 12.